The number of halogens is 1. The van der Waals surface area contributed by atoms with E-state index in [0.29, 0.717) is 5.41 Å². The van der Waals surface area contributed by atoms with Gasteiger partial charge in [0.1, 0.15) is 5.82 Å². The SMILES string of the molecule is CCc1nc(CC)n(CC2(CBr)CCCC2)n1. The molecule has 0 aromatic carbocycles. The summed E-state index contributed by atoms with van der Waals surface area (Å²) in [6.07, 6.45) is 7.28. The maximum Gasteiger partial charge on any atom is 0.150 e. The molecular weight excluding hydrogens is 278 g/mol. The molecule has 2 rings (SSSR count). The van der Waals surface area contributed by atoms with E-state index in [4.69, 9.17) is 0 Å². The lowest BCUT2D eigenvalue weighted by atomic mass is 9.89. The van der Waals surface area contributed by atoms with Gasteiger partial charge >= 0.3 is 0 Å². The number of hydrogen-bond donors (Lipinski definition) is 0. The van der Waals surface area contributed by atoms with Crippen LogP contribution in [0.1, 0.15) is 51.2 Å². The number of aryl methyl sites for hydroxylation is 2. The Bertz CT molecular complexity index is 367. The highest BCUT2D eigenvalue weighted by atomic mass is 79.9. The van der Waals surface area contributed by atoms with E-state index in [1.165, 1.54) is 25.7 Å². The molecule has 0 atom stereocenters. The third kappa shape index (κ3) is 2.72. The van der Waals surface area contributed by atoms with Crippen LogP contribution in [0, 0.1) is 5.41 Å². The fourth-order valence-corrected chi connectivity index (χ4v) is 3.48. The minimum atomic E-state index is 0.419. The van der Waals surface area contributed by atoms with Crippen molar-refractivity contribution in [2.45, 2.75) is 58.9 Å². The largest absolute Gasteiger partial charge is 0.249 e. The van der Waals surface area contributed by atoms with E-state index in [2.05, 4.69) is 44.5 Å². The van der Waals surface area contributed by atoms with Crippen LogP contribution in [0.15, 0.2) is 0 Å². The van der Waals surface area contributed by atoms with Crippen molar-refractivity contribution >= 4 is 15.9 Å². The van der Waals surface area contributed by atoms with Crippen molar-refractivity contribution in [3.05, 3.63) is 11.6 Å². The molecule has 0 bridgehead atoms. The van der Waals surface area contributed by atoms with Crippen LogP contribution in [-0.4, -0.2) is 20.1 Å². The monoisotopic (exact) mass is 299 g/mol. The minimum absolute atomic E-state index is 0.419. The summed E-state index contributed by atoms with van der Waals surface area (Å²) in [7, 11) is 0. The Hall–Kier alpha value is -0.380. The number of alkyl halides is 1. The van der Waals surface area contributed by atoms with Crippen molar-refractivity contribution in [2.75, 3.05) is 5.33 Å². The van der Waals surface area contributed by atoms with Crippen molar-refractivity contribution in [1.82, 2.24) is 14.8 Å². The molecule has 1 aliphatic rings. The Kier molecular flexibility index (Phi) is 4.23. The molecule has 0 spiro atoms. The average molecular weight is 300 g/mol. The Morgan fingerprint density at radius 3 is 2.47 bits per heavy atom. The molecule has 1 fully saturated rings. The third-order valence-corrected chi connectivity index (χ3v) is 5.05. The molecule has 0 saturated heterocycles. The second-order valence-electron chi connectivity index (χ2n) is 5.15. The zero-order valence-corrected chi connectivity index (χ0v) is 12.5. The van der Waals surface area contributed by atoms with Crippen LogP contribution in [0.5, 0.6) is 0 Å². The van der Waals surface area contributed by atoms with E-state index in [1.807, 2.05) is 0 Å². The number of aromatic nitrogens is 3. The predicted octanol–water partition coefficient (Wildman–Crippen LogP) is 3.36. The highest BCUT2D eigenvalue weighted by Crippen LogP contribution is 2.41. The summed E-state index contributed by atoms with van der Waals surface area (Å²) in [5, 5.41) is 5.73. The average Bonchev–Trinajstić information content (AvgIpc) is 2.97. The molecule has 0 amide bonds. The Morgan fingerprint density at radius 1 is 1.24 bits per heavy atom. The highest BCUT2D eigenvalue weighted by Gasteiger charge is 2.34. The lowest BCUT2D eigenvalue weighted by Crippen LogP contribution is -2.27. The summed E-state index contributed by atoms with van der Waals surface area (Å²) >= 11 is 3.70. The van der Waals surface area contributed by atoms with Gasteiger partial charge in [-0.2, -0.15) is 5.10 Å². The van der Waals surface area contributed by atoms with Gasteiger partial charge in [-0.3, -0.25) is 0 Å². The van der Waals surface area contributed by atoms with Crippen molar-refractivity contribution < 1.29 is 0 Å². The van der Waals surface area contributed by atoms with Crippen LogP contribution in [0.3, 0.4) is 0 Å². The van der Waals surface area contributed by atoms with Crippen LogP contribution in [-0.2, 0) is 19.4 Å². The molecule has 0 radical (unpaired) electrons. The van der Waals surface area contributed by atoms with Gasteiger partial charge in [-0.1, -0.05) is 42.6 Å². The molecular formula is C13H22BrN3. The quantitative estimate of drug-likeness (QED) is 0.781. The zero-order chi connectivity index (χ0) is 12.3. The predicted molar refractivity (Wildman–Crippen MR) is 73.5 cm³/mol. The van der Waals surface area contributed by atoms with Crippen molar-refractivity contribution in [1.29, 1.82) is 0 Å². The second-order valence-corrected chi connectivity index (χ2v) is 5.71. The van der Waals surface area contributed by atoms with Crippen LogP contribution in [0.25, 0.3) is 0 Å². The van der Waals surface area contributed by atoms with Gasteiger partial charge in [-0.05, 0) is 18.3 Å². The van der Waals surface area contributed by atoms with Gasteiger partial charge < -0.3 is 0 Å². The van der Waals surface area contributed by atoms with E-state index in [-0.39, 0.29) is 0 Å². The number of hydrogen-bond acceptors (Lipinski definition) is 2. The smallest absolute Gasteiger partial charge is 0.150 e. The molecule has 3 nitrogen and oxygen atoms in total. The Labute approximate surface area is 112 Å². The molecule has 0 N–H and O–H groups in total. The fourth-order valence-electron chi connectivity index (χ4n) is 2.74. The lowest BCUT2D eigenvalue weighted by molar-refractivity contribution is 0.273. The first-order valence-electron chi connectivity index (χ1n) is 6.71. The summed E-state index contributed by atoms with van der Waals surface area (Å²) in [4.78, 5) is 4.59. The van der Waals surface area contributed by atoms with Crippen molar-refractivity contribution in [2.24, 2.45) is 5.41 Å². The van der Waals surface area contributed by atoms with Gasteiger partial charge in [-0.15, -0.1) is 0 Å². The first-order valence-corrected chi connectivity index (χ1v) is 7.83. The topological polar surface area (TPSA) is 30.7 Å². The van der Waals surface area contributed by atoms with Crippen LogP contribution >= 0.6 is 15.9 Å². The zero-order valence-electron chi connectivity index (χ0n) is 10.9. The van der Waals surface area contributed by atoms with Gasteiger partial charge in [-0.25, -0.2) is 9.67 Å². The second kappa shape index (κ2) is 5.51. The van der Waals surface area contributed by atoms with Crippen LogP contribution in [0.4, 0.5) is 0 Å². The molecule has 4 heteroatoms. The summed E-state index contributed by atoms with van der Waals surface area (Å²) in [5.74, 6) is 2.14. The van der Waals surface area contributed by atoms with Gasteiger partial charge in [0.25, 0.3) is 0 Å². The summed E-state index contributed by atoms with van der Waals surface area (Å²) < 4.78 is 2.16. The van der Waals surface area contributed by atoms with Gasteiger partial charge in [0.05, 0.1) is 0 Å². The summed E-state index contributed by atoms with van der Waals surface area (Å²) in [6.45, 7) is 5.32. The van der Waals surface area contributed by atoms with E-state index in [0.717, 1.165) is 36.4 Å². The Morgan fingerprint density at radius 2 is 1.94 bits per heavy atom. The molecule has 1 heterocycles. The highest BCUT2D eigenvalue weighted by molar-refractivity contribution is 9.09. The van der Waals surface area contributed by atoms with E-state index in [9.17, 15) is 0 Å². The van der Waals surface area contributed by atoms with Crippen molar-refractivity contribution in [3.63, 3.8) is 0 Å². The van der Waals surface area contributed by atoms with E-state index in [1.54, 1.807) is 0 Å². The van der Waals surface area contributed by atoms with Crippen LogP contribution in [0.2, 0.25) is 0 Å². The number of nitrogens with zero attached hydrogens (tertiary/aromatic N) is 3. The standard InChI is InChI=1S/C13H22BrN3/c1-3-11-15-12(4-2)17(16-11)10-13(9-14)7-5-6-8-13/h3-10H2,1-2H3. The molecule has 96 valence electrons. The summed E-state index contributed by atoms with van der Waals surface area (Å²) in [6, 6.07) is 0. The van der Waals surface area contributed by atoms with Gasteiger partial charge in [0.2, 0.25) is 0 Å². The van der Waals surface area contributed by atoms with Crippen molar-refractivity contribution in [3.8, 4) is 0 Å². The lowest BCUT2D eigenvalue weighted by Gasteiger charge is -2.26. The molecule has 1 aliphatic carbocycles. The Balaban J connectivity index is 2.18. The van der Waals surface area contributed by atoms with E-state index >= 15 is 0 Å². The minimum Gasteiger partial charge on any atom is -0.249 e. The molecule has 17 heavy (non-hydrogen) atoms. The first-order chi connectivity index (χ1) is 8.23. The molecule has 1 aromatic heterocycles. The van der Waals surface area contributed by atoms with E-state index < -0.39 is 0 Å². The fraction of sp³-hybridized carbons (Fsp3) is 0.846. The maximum absolute atomic E-state index is 4.64. The molecule has 1 saturated carbocycles. The molecule has 1 aromatic rings. The third-order valence-electron chi connectivity index (χ3n) is 3.86. The normalized spacial score (nSPS) is 18.8. The summed E-state index contributed by atoms with van der Waals surface area (Å²) in [5.41, 5.74) is 0.419. The van der Waals surface area contributed by atoms with Gasteiger partial charge in [0.15, 0.2) is 5.82 Å². The number of rotatable bonds is 5. The molecule has 0 unspecified atom stereocenters. The molecule has 0 aliphatic heterocycles. The first kappa shape index (κ1) is 13.1. The van der Waals surface area contributed by atoms with Crippen LogP contribution < -0.4 is 0 Å². The van der Waals surface area contributed by atoms with Gasteiger partial charge in [0, 0.05) is 24.7 Å². The maximum atomic E-state index is 4.64.